The van der Waals surface area contributed by atoms with Gasteiger partial charge in [0.25, 0.3) is 0 Å². The van der Waals surface area contributed by atoms with Gasteiger partial charge in [-0.3, -0.25) is 10.3 Å². The zero-order chi connectivity index (χ0) is 23.6. The Balaban J connectivity index is 1.62. The van der Waals surface area contributed by atoms with Crippen LogP contribution in [-0.2, 0) is 33.8 Å². The maximum absolute atomic E-state index is 13.2. The van der Waals surface area contributed by atoms with Crippen molar-refractivity contribution in [1.82, 2.24) is 9.79 Å². The zero-order valence-corrected chi connectivity index (χ0v) is 17.2. The molecule has 0 spiro atoms. The van der Waals surface area contributed by atoms with E-state index in [1.165, 1.54) is 24.3 Å². The lowest BCUT2D eigenvalue weighted by Gasteiger charge is -2.27. The first kappa shape index (κ1) is 24.1. The second-order valence-electron chi connectivity index (χ2n) is 6.93. The maximum Gasteiger partial charge on any atom is 0.417 e. The third-order valence-corrected chi connectivity index (χ3v) is 6.60. The minimum absolute atomic E-state index is 0.0969. The van der Waals surface area contributed by atoms with Gasteiger partial charge in [0.2, 0.25) is 10.0 Å². The molecule has 12 heteroatoms. The summed E-state index contributed by atoms with van der Waals surface area (Å²) in [6.45, 7) is -0.466. The van der Waals surface area contributed by atoms with Crippen molar-refractivity contribution in [2.24, 2.45) is 0 Å². The van der Waals surface area contributed by atoms with E-state index in [1.54, 1.807) is 0 Å². The number of sulfonamides is 1. The minimum Gasteiger partial charge on any atom is -0.272 e. The number of nitrogens with zero attached hydrogens (tertiary/aromatic N) is 1. The number of hydrogen-bond acceptors (Lipinski definition) is 4. The van der Waals surface area contributed by atoms with Crippen LogP contribution < -0.4 is 5.48 Å². The van der Waals surface area contributed by atoms with E-state index in [1.807, 2.05) is 0 Å². The molecule has 174 valence electrons. The molecule has 0 amide bonds. The van der Waals surface area contributed by atoms with E-state index in [0.29, 0.717) is 11.8 Å². The number of benzene rings is 2. The predicted octanol–water partition coefficient (Wildman–Crippen LogP) is 4.72. The van der Waals surface area contributed by atoms with Crippen molar-refractivity contribution in [3.05, 3.63) is 77.0 Å². The molecule has 0 saturated heterocycles. The molecule has 0 aliphatic carbocycles. The van der Waals surface area contributed by atoms with Crippen LogP contribution in [0, 0.1) is 0 Å². The van der Waals surface area contributed by atoms with Crippen LogP contribution in [0.1, 0.15) is 23.1 Å². The van der Waals surface area contributed by atoms with Crippen LogP contribution in [0.4, 0.5) is 26.3 Å². The number of halogens is 6. The molecule has 3 rings (SSSR count). The van der Waals surface area contributed by atoms with E-state index in [2.05, 4.69) is 5.48 Å². The zero-order valence-electron chi connectivity index (χ0n) is 16.4. The Labute approximate surface area is 180 Å². The first-order valence-electron chi connectivity index (χ1n) is 9.28. The Morgan fingerprint density at radius 1 is 0.969 bits per heavy atom. The molecule has 1 aliphatic heterocycles. The first-order chi connectivity index (χ1) is 14.9. The molecule has 2 aromatic carbocycles. The van der Waals surface area contributed by atoms with Gasteiger partial charge in [-0.15, -0.1) is 0 Å². The number of hydroxylamine groups is 1. The Bertz CT molecular complexity index is 1100. The van der Waals surface area contributed by atoms with Gasteiger partial charge in [0.1, 0.15) is 0 Å². The average Bonchev–Trinajstić information content (AvgIpc) is 2.73. The first-order valence-corrected chi connectivity index (χ1v) is 10.7. The quantitative estimate of drug-likeness (QED) is 0.480. The van der Waals surface area contributed by atoms with Gasteiger partial charge in [-0.25, -0.2) is 8.42 Å². The van der Waals surface area contributed by atoms with Gasteiger partial charge in [-0.2, -0.15) is 30.6 Å². The molecular weight excluding hydrogens is 462 g/mol. The minimum atomic E-state index is -4.82. The average molecular weight is 480 g/mol. The van der Waals surface area contributed by atoms with Crippen LogP contribution in [-0.4, -0.2) is 25.8 Å². The summed E-state index contributed by atoms with van der Waals surface area (Å²) in [5.41, 5.74) is 1.25. The molecule has 0 saturated carbocycles. The summed E-state index contributed by atoms with van der Waals surface area (Å²) in [4.78, 5) is 4.37. The molecule has 1 N–H and O–H groups in total. The van der Waals surface area contributed by atoms with Crippen molar-refractivity contribution in [2.45, 2.75) is 30.3 Å². The molecule has 0 fully saturated rings. The van der Waals surface area contributed by atoms with Gasteiger partial charge in [0.15, 0.2) is 0 Å². The summed E-state index contributed by atoms with van der Waals surface area (Å²) in [5, 5.41) is 0. The number of nitrogens with one attached hydrogen (secondary N) is 1. The van der Waals surface area contributed by atoms with Crippen molar-refractivity contribution in [2.75, 3.05) is 13.1 Å². The van der Waals surface area contributed by atoms with Gasteiger partial charge in [-0.05, 0) is 35.9 Å². The smallest absolute Gasteiger partial charge is 0.272 e. The molecule has 32 heavy (non-hydrogen) atoms. The number of alkyl halides is 6. The fourth-order valence-electron chi connectivity index (χ4n) is 3.08. The van der Waals surface area contributed by atoms with E-state index in [-0.39, 0.29) is 31.7 Å². The molecule has 0 unspecified atom stereocenters. The summed E-state index contributed by atoms with van der Waals surface area (Å²) in [6, 6.07) is 8.55. The lowest BCUT2D eigenvalue weighted by atomic mass is 10.1. The van der Waals surface area contributed by atoms with Gasteiger partial charge in [0.05, 0.1) is 22.6 Å². The van der Waals surface area contributed by atoms with Crippen molar-refractivity contribution in [3.8, 4) is 0 Å². The Morgan fingerprint density at radius 3 is 2.31 bits per heavy atom. The normalized spacial score (nSPS) is 16.0. The highest BCUT2D eigenvalue weighted by Gasteiger charge is 2.39. The Hall–Kier alpha value is -2.57. The van der Waals surface area contributed by atoms with Crippen molar-refractivity contribution in [1.29, 1.82) is 0 Å². The highest BCUT2D eigenvalue weighted by Crippen LogP contribution is 2.35. The van der Waals surface area contributed by atoms with Crippen LogP contribution in [0.2, 0.25) is 0 Å². The largest absolute Gasteiger partial charge is 0.417 e. The lowest BCUT2D eigenvalue weighted by Crippen LogP contribution is -2.37. The van der Waals surface area contributed by atoms with Gasteiger partial charge >= 0.3 is 12.4 Å². The van der Waals surface area contributed by atoms with Gasteiger partial charge in [0, 0.05) is 25.2 Å². The third kappa shape index (κ3) is 5.61. The Kier molecular flexibility index (Phi) is 6.86. The summed E-state index contributed by atoms with van der Waals surface area (Å²) >= 11 is 0. The van der Waals surface area contributed by atoms with E-state index in [9.17, 15) is 34.8 Å². The number of hydrogen-bond donors (Lipinski definition) is 1. The van der Waals surface area contributed by atoms with Crippen molar-refractivity contribution in [3.63, 3.8) is 0 Å². The van der Waals surface area contributed by atoms with Crippen LogP contribution in [0.15, 0.2) is 65.2 Å². The molecule has 0 radical (unpaired) electrons. The number of rotatable bonds is 6. The SMILES string of the molecule is O=S(=O)(c1ccccc1C(F)(F)F)N1CC=C(NOCc2cccc(C(F)(F)F)c2)CC1. The van der Waals surface area contributed by atoms with Crippen LogP contribution >= 0.6 is 0 Å². The Morgan fingerprint density at radius 2 is 1.69 bits per heavy atom. The molecule has 1 aliphatic rings. The molecule has 0 bridgehead atoms. The van der Waals surface area contributed by atoms with Gasteiger partial charge < -0.3 is 0 Å². The molecule has 0 aromatic heterocycles. The van der Waals surface area contributed by atoms with Gasteiger partial charge in [-0.1, -0.05) is 24.3 Å². The monoisotopic (exact) mass is 480 g/mol. The van der Waals surface area contributed by atoms with E-state index in [0.717, 1.165) is 28.6 Å². The maximum atomic E-state index is 13.2. The molecule has 2 aromatic rings. The van der Waals surface area contributed by atoms with Crippen molar-refractivity contribution >= 4 is 10.0 Å². The predicted molar refractivity (Wildman–Crippen MR) is 102 cm³/mol. The highest BCUT2D eigenvalue weighted by atomic mass is 32.2. The molecular formula is C20H18F6N2O3S. The van der Waals surface area contributed by atoms with Crippen molar-refractivity contribution < 1.29 is 39.6 Å². The topological polar surface area (TPSA) is 58.6 Å². The van der Waals surface area contributed by atoms with Crippen LogP contribution in [0.5, 0.6) is 0 Å². The van der Waals surface area contributed by atoms with E-state index >= 15 is 0 Å². The molecule has 0 atom stereocenters. The summed E-state index contributed by atoms with van der Waals surface area (Å²) < 4.78 is 104. The highest BCUT2D eigenvalue weighted by molar-refractivity contribution is 7.89. The fraction of sp³-hybridized carbons (Fsp3) is 0.300. The second-order valence-corrected chi connectivity index (χ2v) is 8.83. The lowest BCUT2D eigenvalue weighted by molar-refractivity contribution is -0.140. The molecule has 5 nitrogen and oxygen atoms in total. The molecule has 1 heterocycles. The van der Waals surface area contributed by atoms with Crippen LogP contribution in [0.25, 0.3) is 0 Å². The van der Waals surface area contributed by atoms with E-state index < -0.39 is 38.4 Å². The third-order valence-electron chi connectivity index (χ3n) is 4.68. The summed E-state index contributed by atoms with van der Waals surface area (Å²) in [7, 11) is -4.39. The van der Waals surface area contributed by atoms with E-state index in [4.69, 9.17) is 4.84 Å². The summed E-state index contributed by atoms with van der Waals surface area (Å²) in [5.74, 6) is 0. The standard InChI is InChI=1S/C20H18F6N2O3S/c21-19(22,23)15-5-3-4-14(12-15)13-31-27-16-8-10-28(11-9-16)32(29,30)18-7-2-1-6-17(18)20(24,25)26/h1-8,12,27H,9-11,13H2. The van der Waals surface area contributed by atoms with Crippen LogP contribution in [0.3, 0.4) is 0 Å². The second kappa shape index (κ2) is 9.12. The summed E-state index contributed by atoms with van der Waals surface area (Å²) in [6.07, 6.45) is -7.74. The fourth-order valence-corrected chi connectivity index (χ4v) is 4.67.